The number of aromatic nitrogens is 1. The van der Waals surface area contributed by atoms with Crippen LogP contribution in [0, 0.1) is 6.92 Å². The number of sulfone groups is 1. The first kappa shape index (κ1) is 14.1. The summed E-state index contributed by atoms with van der Waals surface area (Å²) in [5.41, 5.74) is -0.288. The van der Waals surface area contributed by atoms with Gasteiger partial charge in [-0.15, -0.1) is 0 Å². The van der Waals surface area contributed by atoms with Crippen molar-refractivity contribution in [1.29, 1.82) is 0 Å². The fourth-order valence-corrected chi connectivity index (χ4v) is 3.91. The van der Waals surface area contributed by atoms with Crippen LogP contribution in [0.15, 0.2) is 15.8 Å². The van der Waals surface area contributed by atoms with Gasteiger partial charge in [-0.3, -0.25) is 9.36 Å². The summed E-state index contributed by atoms with van der Waals surface area (Å²) in [5, 5.41) is 9.98. The van der Waals surface area contributed by atoms with Crippen molar-refractivity contribution >= 4 is 9.84 Å². The summed E-state index contributed by atoms with van der Waals surface area (Å²) in [4.78, 5) is 12.2. The molecule has 1 aromatic rings. The van der Waals surface area contributed by atoms with E-state index in [-0.39, 0.29) is 16.8 Å². The molecule has 1 fully saturated rings. The predicted octanol–water partition coefficient (Wildman–Crippen LogP) is 1.77. The first-order valence-corrected chi connectivity index (χ1v) is 8.36. The van der Waals surface area contributed by atoms with E-state index >= 15 is 0 Å². The molecule has 2 rings (SSSR count). The van der Waals surface area contributed by atoms with Crippen LogP contribution in [0.2, 0.25) is 0 Å². The molecule has 1 heterocycles. The fraction of sp³-hybridized carbons (Fsp3) is 0.615. The van der Waals surface area contributed by atoms with Crippen LogP contribution in [0.4, 0.5) is 0 Å². The third-order valence-electron chi connectivity index (χ3n) is 3.67. The van der Waals surface area contributed by atoms with Crippen LogP contribution in [0.5, 0.6) is 5.88 Å². The predicted molar refractivity (Wildman–Crippen MR) is 72.3 cm³/mol. The summed E-state index contributed by atoms with van der Waals surface area (Å²) in [6, 6.07) is 1.27. The quantitative estimate of drug-likeness (QED) is 0.898. The first-order valence-electron chi connectivity index (χ1n) is 6.47. The maximum absolute atomic E-state index is 12.4. The lowest BCUT2D eigenvalue weighted by molar-refractivity contribution is 0.300. The number of nitrogens with zero attached hydrogens (tertiary/aromatic N) is 1. The van der Waals surface area contributed by atoms with Gasteiger partial charge in [-0.05, 0) is 25.3 Å². The molecule has 0 atom stereocenters. The largest absolute Gasteiger partial charge is 0.494 e. The van der Waals surface area contributed by atoms with E-state index < -0.39 is 15.4 Å². The summed E-state index contributed by atoms with van der Waals surface area (Å²) in [5.74, 6) is -0.137. The summed E-state index contributed by atoms with van der Waals surface area (Å²) in [6.07, 6.45) is 5.76. The topological polar surface area (TPSA) is 76.4 Å². The van der Waals surface area contributed by atoms with Crippen molar-refractivity contribution in [3.8, 4) is 5.88 Å². The van der Waals surface area contributed by atoms with E-state index in [1.165, 1.54) is 17.6 Å². The zero-order valence-electron chi connectivity index (χ0n) is 11.2. The standard InChI is InChI=1S/C13H19NO4S/c1-9-8-11(15)14(10-6-4-3-5-7-10)13(16)12(9)19(2,17)18/h8,10,15H,3-7H2,1-2H3. The molecule has 6 heteroatoms. The van der Waals surface area contributed by atoms with Crippen LogP contribution in [-0.2, 0) is 9.84 Å². The Morgan fingerprint density at radius 3 is 2.37 bits per heavy atom. The molecule has 0 spiro atoms. The SMILES string of the molecule is Cc1cc(O)n(C2CCCCC2)c(=O)c1S(C)(=O)=O. The van der Waals surface area contributed by atoms with E-state index in [0.717, 1.165) is 38.4 Å². The van der Waals surface area contributed by atoms with Gasteiger partial charge in [0.05, 0.1) is 0 Å². The van der Waals surface area contributed by atoms with Crippen molar-refractivity contribution < 1.29 is 13.5 Å². The van der Waals surface area contributed by atoms with Gasteiger partial charge in [0.25, 0.3) is 5.56 Å². The molecule has 1 aromatic heterocycles. The fourth-order valence-electron chi connectivity index (χ4n) is 2.85. The van der Waals surface area contributed by atoms with E-state index in [1.54, 1.807) is 0 Å². The van der Waals surface area contributed by atoms with Crippen molar-refractivity contribution in [1.82, 2.24) is 4.57 Å². The van der Waals surface area contributed by atoms with Crippen molar-refractivity contribution in [3.63, 3.8) is 0 Å². The zero-order valence-corrected chi connectivity index (χ0v) is 12.0. The van der Waals surface area contributed by atoms with E-state index in [4.69, 9.17) is 0 Å². The summed E-state index contributed by atoms with van der Waals surface area (Å²) in [6.45, 7) is 1.53. The van der Waals surface area contributed by atoms with E-state index in [0.29, 0.717) is 5.56 Å². The van der Waals surface area contributed by atoms with Gasteiger partial charge in [-0.25, -0.2) is 8.42 Å². The normalized spacial score (nSPS) is 17.6. The van der Waals surface area contributed by atoms with Gasteiger partial charge in [-0.2, -0.15) is 0 Å². The molecule has 0 bridgehead atoms. The summed E-state index contributed by atoms with van der Waals surface area (Å²) >= 11 is 0. The molecule has 0 saturated heterocycles. The van der Waals surface area contributed by atoms with Gasteiger partial charge in [0.2, 0.25) is 0 Å². The number of rotatable bonds is 2. The average molecular weight is 285 g/mol. The molecule has 0 unspecified atom stereocenters. The third kappa shape index (κ3) is 2.68. The third-order valence-corrected chi connectivity index (χ3v) is 4.91. The van der Waals surface area contributed by atoms with E-state index in [2.05, 4.69) is 0 Å². The Morgan fingerprint density at radius 2 is 1.84 bits per heavy atom. The highest BCUT2D eigenvalue weighted by molar-refractivity contribution is 7.90. The highest BCUT2D eigenvalue weighted by Crippen LogP contribution is 2.30. The minimum absolute atomic E-state index is 0.0950. The van der Waals surface area contributed by atoms with Gasteiger partial charge in [0.15, 0.2) is 15.7 Å². The van der Waals surface area contributed by atoms with Gasteiger partial charge in [0.1, 0.15) is 4.90 Å². The smallest absolute Gasteiger partial charge is 0.272 e. The number of pyridine rings is 1. The maximum Gasteiger partial charge on any atom is 0.272 e. The number of hydrogen-bond donors (Lipinski definition) is 1. The Hall–Kier alpha value is -1.30. The molecular formula is C13H19NO4S. The molecular weight excluding hydrogens is 266 g/mol. The molecule has 0 aliphatic heterocycles. The molecule has 1 saturated carbocycles. The number of hydrogen-bond acceptors (Lipinski definition) is 4. The Kier molecular flexibility index (Phi) is 3.71. The molecule has 1 N–H and O–H groups in total. The lowest BCUT2D eigenvalue weighted by Gasteiger charge is -2.25. The van der Waals surface area contributed by atoms with Crippen molar-refractivity contribution in [2.45, 2.75) is 50.0 Å². The zero-order chi connectivity index (χ0) is 14.2. The van der Waals surface area contributed by atoms with Crippen LogP contribution in [-0.4, -0.2) is 24.3 Å². The Balaban J connectivity index is 2.65. The van der Waals surface area contributed by atoms with Gasteiger partial charge in [-0.1, -0.05) is 19.3 Å². The summed E-state index contributed by atoms with van der Waals surface area (Å²) in [7, 11) is -3.59. The highest BCUT2D eigenvalue weighted by atomic mass is 32.2. The van der Waals surface area contributed by atoms with Crippen LogP contribution >= 0.6 is 0 Å². The van der Waals surface area contributed by atoms with Crippen molar-refractivity contribution in [3.05, 3.63) is 22.0 Å². The van der Waals surface area contributed by atoms with Gasteiger partial charge in [0, 0.05) is 18.4 Å². The molecule has 19 heavy (non-hydrogen) atoms. The van der Waals surface area contributed by atoms with Crippen LogP contribution < -0.4 is 5.56 Å². The van der Waals surface area contributed by atoms with Gasteiger partial charge < -0.3 is 5.11 Å². The molecule has 5 nitrogen and oxygen atoms in total. The number of aryl methyl sites for hydroxylation is 1. The van der Waals surface area contributed by atoms with Gasteiger partial charge >= 0.3 is 0 Å². The molecule has 106 valence electrons. The minimum atomic E-state index is -3.59. The lowest BCUT2D eigenvalue weighted by atomic mass is 9.95. The number of aromatic hydroxyl groups is 1. The Labute approximate surface area is 112 Å². The average Bonchev–Trinajstić information content (AvgIpc) is 2.27. The maximum atomic E-state index is 12.4. The first-order chi connectivity index (χ1) is 8.82. The van der Waals surface area contributed by atoms with Crippen LogP contribution in [0.1, 0.15) is 43.7 Å². The molecule has 0 aromatic carbocycles. The lowest BCUT2D eigenvalue weighted by Crippen LogP contribution is -2.30. The van der Waals surface area contributed by atoms with Crippen LogP contribution in [0.3, 0.4) is 0 Å². The second-order valence-electron chi connectivity index (χ2n) is 5.25. The molecule has 0 radical (unpaired) electrons. The van der Waals surface area contributed by atoms with Crippen LogP contribution in [0.25, 0.3) is 0 Å². The Morgan fingerprint density at radius 1 is 1.26 bits per heavy atom. The molecule has 0 amide bonds. The van der Waals surface area contributed by atoms with Crippen molar-refractivity contribution in [2.75, 3.05) is 6.26 Å². The summed E-state index contributed by atoms with van der Waals surface area (Å²) < 4.78 is 24.7. The second kappa shape index (κ2) is 5.00. The van der Waals surface area contributed by atoms with E-state index in [1.807, 2.05) is 0 Å². The monoisotopic (exact) mass is 285 g/mol. The minimum Gasteiger partial charge on any atom is -0.494 e. The molecule has 1 aliphatic carbocycles. The van der Waals surface area contributed by atoms with Crippen molar-refractivity contribution in [2.24, 2.45) is 0 Å². The van der Waals surface area contributed by atoms with E-state index in [9.17, 15) is 18.3 Å². The molecule has 1 aliphatic rings. The highest BCUT2D eigenvalue weighted by Gasteiger charge is 2.25. The Bertz CT molecular complexity index is 639. The second-order valence-corrected chi connectivity index (χ2v) is 7.21.